The second-order valence-electron chi connectivity index (χ2n) is 11.8. The van der Waals surface area contributed by atoms with Gasteiger partial charge in [-0.25, -0.2) is 9.59 Å². The predicted octanol–water partition coefficient (Wildman–Crippen LogP) is 8.75. The van der Waals surface area contributed by atoms with Gasteiger partial charge in [0.25, 0.3) is 0 Å². The number of hydrogen-bond donors (Lipinski definition) is 5. The van der Waals surface area contributed by atoms with Crippen LogP contribution in [0.3, 0.4) is 0 Å². The van der Waals surface area contributed by atoms with E-state index in [4.69, 9.17) is 10.8 Å². The van der Waals surface area contributed by atoms with Crippen molar-refractivity contribution < 1.29 is 19.8 Å². The molecule has 2 amide bonds. The molecule has 0 heterocycles. The Morgan fingerprint density at radius 2 is 1.22 bits per heavy atom. The number of nitrogens with zero attached hydrogens (tertiary/aromatic N) is 1. The van der Waals surface area contributed by atoms with Crippen LogP contribution in [0.25, 0.3) is 11.1 Å². The first-order valence-corrected chi connectivity index (χ1v) is 14.6. The zero-order valence-electron chi connectivity index (χ0n) is 27.4. The van der Waals surface area contributed by atoms with Crippen LogP contribution in [-0.4, -0.2) is 22.3 Å². The van der Waals surface area contributed by atoms with E-state index in [0.29, 0.717) is 11.4 Å². The highest BCUT2D eigenvalue weighted by atomic mass is 16.3. The summed E-state index contributed by atoms with van der Waals surface area (Å²) in [5.41, 5.74) is 11.6. The Bertz CT molecular complexity index is 1660. The van der Waals surface area contributed by atoms with Gasteiger partial charge in [0.1, 0.15) is 11.5 Å². The molecule has 0 saturated heterocycles. The van der Waals surface area contributed by atoms with E-state index in [1.165, 1.54) is 12.1 Å². The van der Waals surface area contributed by atoms with E-state index in [2.05, 4.69) is 28.8 Å². The van der Waals surface area contributed by atoms with Crippen LogP contribution < -0.4 is 16.4 Å². The summed E-state index contributed by atoms with van der Waals surface area (Å²) in [6, 6.07) is 28.3. The van der Waals surface area contributed by atoms with E-state index in [1.807, 2.05) is 90.1 Å². The first-order valence-electron chi connectivity index (χ1n) is 14.6. The summed E-state index contributed by atoms with van der Waals surface area (Å²) in [6.07, 6.45) is 1.61. The number of nitrogens with one attached hydrogen (secondary N) is 2. The van der Waals surface area contributed by atoms with Gasteiger partial charge in [-0.2, -0.15) is 4.99 Å². The number of benzene rings is 4. The number of urea groups is 1. The van der Waals surface area contributed by atoms with Gasteiger partial charge < -0.3 is 26.6 Å². The smallest absolute Gasteiger partial charge is 0.319 e. The fourth-order valence-corrected chi connectivity index (χ4v) is 4.05. The molecule has 8 nitrogen and oxygen atoms in total. The molecule has 0 aliphatic carbocycles. The lowest BCUT2D eigenvalue weighted by Gasteiger charge is -2.27. The highest BCUT2D eigenvalue weighted by Crippen LogP contribution is 2.27. The molecule has 0 radical (unpaired) electrons. The second kappa shape index (κ2) is 16.5. The molecule has 0 aliphatic rings. The summed E-state index contributed by atoms with van der Waals surface area (Å²) >= 11 is 0. The molecule has 4 aromatic carbocycles. The van der Waals surface area contributed by atoms with Crippen molar-refractivity contribution in [1.29, 1.82) is 0 Å². The van der Waals surface area contributed by atoms with Gasteiger partial charge in [0.05, 0.1) is 11.1 Å². The quantitative estimate of drug-likeness (QED) is 0.0609. The Morgan fingerprint density at radius 1 is 0.761 bits per heavy atom. The standard InChI is InChI=1S/C19H22N2O2.C13H15NO.C6H7NO/c1-13(2)14-6-5-7-15(12-14)19(3,4)21-18(23)20-16-8-10-17(22)11-9-16;1-10(2)11-6-5-7-12(8-11)13(3,4)14-9-15;7-5-1-3-6(8)4-2-5/h5-12,22H,1H2,2-4H3,(H2,20,21,23);5-8H,1H2,2-4H3;1-4,8H,7H2. The number of nitrogen functional groups attached to an aromatic ring is 1. The number of carbonyl (C=O) groups is 1. The van der Waals surface area contributed by atoms with Crippen LogP contribution in [-0.2, 0) is 15.9 Å². The normalized spacial score (nSPS) is 10.5. The van der Waals surface area contributed by atoms with Crippen LogP contribution in [0.5, 0.6) is 11.5 Å². The first-order chi connectivity index (χ1) is 21.5. The van der Waals surface area contributed by atoms with E-state index in [1.54, 1.807) is 42.5 Å². The number of aromatic hydroxyl groups is 2. The van der Waals surface area contributed by atoms with Crippen molar-refractivity contribution in [3.05, 3.63) is 132 Å². The first kappa shape index (κ1) is 36.6. The largest absolute Gasteiger partial charge is 0.508 e. The number of aliphatic imine (C=N–C) groups is 1. The van der Waals surface area contributed by atoms with Gasteiger partial charge in [0.15, 0.2) is 0 Å². The Labute approximate surface area is 272 Å². The molecule has 4 rings (SSSR count). The average molecular weight is 621 g/mol. The number of allylic oxidation sites excluding steroid dienone is 2. The van der Waals surface area contributed by atoms with Crippen molar-refractivity contribution in [2.45, 2.75) is 52.6 Å². The molecule has 0 saturated carbocycles. The van der Waals surface area contributed by atoms with Crippen LogP contribution in [0, 0.1) is 0 Å². The molecule has 8 heteroatoms. The maximum Gasteiger partial charge on any atom is 0.319 e. The molecule has 0 unspecified atom stereocenters. The number of rotatable bonds is 7. The maximum atomic E-state index is 12.2. The van der Waals surface area contributed by atoms with Crippen molar-refractivity contribution in [2.75, 3.05) is 11.1 Å². The molecule has 0 fully saturated rings. The van der Waals surface area contributed by atoms with Gasteiger partial charge in [0.2, 0.25) is 6.08 Å². The van der Waals surface area contributed by atoms with Crippen molar-refractivity contribution in [2.24, 2.45) is 4.99 Å². The third-order valence-electron chi connectivity index (χ3n) is 6.91. The topological polar surface area (TPSA) is 137 Å². The summed E-state index contributed by atoms with van der Waals surface area (Å²) in [5.74, 6) is 0.409. The summed E-state index contributed by atoms with van der Waals surface area (Å²) in [6.45, 7) is 19.4. The summed E-state index contributed by atoms with van der Waals surface area (Å²) < 4.78 is 0. The van der Waals surface area contributed by atoms with Gasteiger partial charge in [-0.05, 0) is 124 Å². The van der Waals surface area contributed by atoms with E-state index in [9.17, 15) is 14.7 Å². The highest BCUT2D eigenvalue weighted by Gasteiger charge is 2.23. The van der Waals surface area contributed by atoms with Gasteiger partial charge in [-0.1, -0.05) is 60.7 Å². The SMILES string of the molecule is C=C(C)c1cccc(C(C)(C)N=C=O)c1.C=C(C)c1cccc(C(C)(C)NC(=O)Nc2ccc(O)cc2)c1.Nc1ccc(O)cc1. The Balaban J connectivity index is 0.000000272. The molecule has 46 heavy (non-hydrogen) atoms. The molecule has 240 valence electrons. The van der Waals surface area contributed by atoms with Crippen LogP contribution in [0.1, 0.15) is 63.8 Å². The number of phenolic OH excluding ortho intramolecular Hbond substituents is 2. The number of amides is 2. The van der Waals surface area contributed by atoms with Gasteiger partial charge in [-0.3, -0.25) is 0 Å². The number of isocyanates is 1. The number of anilines is 2. The second-order valence-corrected chi connectivity index (χ2v) is 11.8. The summed E-state index contributed by atoms with van der Waals surface area (Å²) in [7, 11) is 0. The molecule has 0 spiro atoms. The molecule has 0 bridgehead atoms. The highest BCUT2D eigenvalue weighted by molar-refractivity contribution is 5.89. The molecular weight excluding hydrogens is 576 g/mol. The van der Waals surface area contributed by atoms with Crippen molar-refractivity contribution in [3.63, 3.8) is 0 Å². The number of carbonyl (C=O) groups excluding carboxylic acids is 2. The van der Waals surface area contributed by atoms with Gasteiger partial charge >= 0.3 is 6.03 Å². The lowest BCUT2D eigenvalue weighted by atomic mass is 9.92. The Kier molecular flexibility index (Phi) is 13.1. The summed E-state index contributed by atoms with van der Waals surface area (Å²) in [4.78, 5) is 26.3. The number of nitrogens with two attached hydrogens (primary N) is 1. The lowest BCUT2D eigenvalue weighted by Crippen LogP contribution is -2.43. The predicted molar refractivity (Wildman–Crippen MR) is 189 cm³/mol. The van der Waals surface area contributed by atoms with Gasteiger partial charge in [0, 0.05) is 11.4 Å². The third-order valence-corrected chi connectivity index (χ3v) is 6.91. The minimum absolute atomic E-state index is 0.160. The Hall–Kier alpha value is -5.59. The van der Waals surface area contributed by atoms with E-state index in [0.717, 1.165) is 33.4 Å². The van der Waals surface area contributed by atoms with Crippen LogP contribution in [0.4, 0.5) is 16.2 Å². The van der Waals surface area contributed by atoms with Crippen molar-refractivity contribution >= 4 is 34.6 Å². The third kappa shape index (κ3) is 11.8. The fourth-order valence-electron chi connectivity index (χ4n) is 4.05. The molecule has 0 atom stereocenters. The minimum Gasteiger partial charge on any atom is -0.508 e. The lowest BCUT2D eigenvalue weighted by molar-refractivity contribution is 0.242. The van der Waals surface area contributed by atoms with Crippen LogP contribution in [0.15, 0.2) is 115 Å². The summed E-state index contributed by atoms with van der Waals surface area (Å²) in [5, 5.41) is 23.7. The van der Waals surface area contributed by atoms with Crippen molar-refractivity contribution in [3.8, 4) is 11.5 Å². The molecule has 6 N–H and O–H groups in total. The maximum absolute atomic E-state index is 12.2. The van der Waals surface area contributed by atoms with E-state index < -0.39 is 11.1 Å². The van der Waals surface area contributed by atoms with E-state index in [-0.39, 0.29) is 17.5 Å². The minimum atomic E-state index is -0.535. The molecule has 4 aromatic rings. The van der Waals surface area contributed by atoms with Gasteiger partial charge in [-0.15, -0.1) is 0 Å². The molecular formula is C38H44N4O4. The zero-order valence-corrected chi connectivity index (χ0v) is 27.4. The Morgan fingerprint density at radius 3 is 1.67 bits per heavy atom. The fraction of sp³-hybridized carbons (Fsp3) is 0.211. The van der Waals surface area contributed by atoms with E-state index >= 15 is 0 Å². The monoisotopic (exact) mass is 620 g/mol. The van der Waals surface area contributed by atoms with Crippen molar-refractivity contribution in [1.82, 2.24) is 5.32 Å². The zero-order chi connectivity index (χ0) is 34.5. The van der Waals surface area contributed by atoms with Crippen LogP contribution in [0.2, 0.25) is 0 Å². The number of phenols is 2. The van der Waals surface area contributed by atoms with Crippen LogP contribution >= 0.6 is 0 Å². The number of hydrogen-bond acceptors (Lipinski definition) is 6. The average Bonchev–Trinajstić information content (AvgIpc) is 3.00. The molecule has 0 aromatic heterocycles. The molecule has 0 aliphatic heterocycles.